The van der Waals surface area contributed by atoms with E-state index in [0.717, 1.165) is 30.1 Å². The van der Waals surface area contributed by atoms with Gasteiger partial charge >= 0.3 is 0 Å². The van der Waals surface area contributed by atoms with Gasteiger partial charge in [0.25, 0.3) is 5.91 Å². The second kappa shape index (κ2) is 10.5. The largest absolute Gasteiger partial charge is 0.468 e. The van der Waals surface area contributed by atoms with Gasteiger partial charge in [-0.05, 0) is 55.9 Å². The molecule has 2 heterocycles. The highest BCUT2D eigenvalue weighted by Crippen LogP contribution is 2.20. The lowest BCUT2D eigenvalue weighted by Crippen LogP contribution is -2.38. The second-order valence-electron chi connectivity index (χ2n) is 7.04. The SMILES string of the molecule is CCN(CC)[C@H](CNC(=O)c1cccc(CNc2nccc(C)n2)c1)c1ccco1. The average Bonchev–Trinajstić information content (AvgIpc) is 3.30. The van der Waals surface area contributed by atoms with E-state index in [-0.39, 0.29) is 11.9 Å². The molecule has 1 amide bonds. The fourth-order valence-corrected chi connectivity index (χ4v) is 3.38. The number of benzene rings is 1. The summed E-state index contributed by atoms with van der Waals surface area (Å²) in [7, 11) is 0. The van der Waals surface area contributed by atoms with Crippen molar-refractivity contribution in [2.24, 2.45) is 0 Å². The number of furan rings is 1. The first-order chi connectivity index (χ1) is 14.6. The number of nitrogens with one attached hydrogen (secondary N) is 2. The van der Waals surface area contributed by atoms with Gasteiger partial charge < -0.3 is 15.1 Å². The van der Waals surface area contributed by atoms with Crippen LogP contribution in [-0.2, 0) is 6.54 Å². The van der Waals surface area contributed by atoms with Crippen LogP contribution in [0.3, 0.4) is 0 Å². The quantitative estimate of drug-likeness (QED) is 0.532. The molecule has 3 aromatic rings. The maximum Gasteiger partial charge on any atom is 0.251 e. The molecule has 7 nitrogen and oxygen atoms in total. The van der Waals surface area contributed by atoms with Gasteiger partial charge in [0.15, 0.2) is 0 Å². The zero-order chi connectivity index (χ0) is 21.3. The number of likely N-dealkylation sites (N-methyl/N-ethyl adjacent to an activating group) is 1. The van der Waals surface area contributed by atoms with Gasteiger partial charge in [-0.25, -0.2) is 9.97 Å². The first kappa shape index (κ1) is 21.5. The van der Waals surface area contributed by atoms with Crippen LogP contribution in [0.4, 0.5) is 5.95 Å². The number of rotatable bonds is 10. The Morgan fingerprint density at radius 2 is 2.00 bits per heavy atom. The molecule has 0 spiro atoms. The molecular weight excluding hydrogens is 378 g/mol. The molecule has 0 unspecified atom stereocenters. The van der Waals surface area contributed by atoms with E-state index in [2.05, 4.69) is 39.3 Å². The van der Waals surface area contributed by atoms with Gasteiger partial charge in [0.2, 0.25) is 5.95 Å². The van der Waals surface area contributed by atoms with E-state index in [1.54, 1.807) is 12.5 Å². The fraction of sp³-hybridized carbons (Fsp3) is 0.348. The Balaban J connectivity index is 1.62. The Morgan fingerprint density at radius 1 is 1.17 bits per heavy atom. The van der Waals surface area contributed by atoms with Gasteiger partial charge in [0.05, 0.1) is 12.3 Å². The van der Waals surface area contributed by atoms with E-state index < -0.39 is 0 Å². The van der Waals surface area contributed by atoms with Gasteiger partial charge in [0.1, 0.15) is 5.76 Å². The van der Waals surface area contributed by atoms with E-state index in [4.69, 9.17) is 4.42 Å². The van der Waals surface area contributed by atoms with Crippen LogP contribution in [0.2, 0.25) is 0 Å². The van der Waals surface area contributed by atoms with E-state index in [0.29, 0.717) is 24.6 Å². The summed E-state index contributed by atoms with van der Waals surface area (Å²) in [6, 6.07) is 13.3. The van der Waals surface area contributed by atoms with Gasteiger partial charge in [-0.2, -0.15) is 0 Å². The molecule has 0 bridgehead atoms. The van der Waals surface area contributed by atoms with Crippen LogP contribution < -0.4 is 10.6 Å². The number of aromatic nitrogens is 2. The summed E-state index contributed by atoms with van der Waals surface area (Å²) < 4.78 is 5.61. The number of anilines is 1. The molecular formula is C23H29N5O2. The van der Waals surface area contributed by atoms with Crippen molar-refractivity contribution < 1.29 is 9.21 Å². The maximum atomic E-state index is 12.8. The Labute approximate surface area is 177 Å². The predicted octanol–water partition coefficient (Wildman–Crippen LogP) is 3.80. The zero-order valence-corrected chi connectivity index (χ0v) is 17.8. The van der Waals surface area contributed by atoms with Gasteiger partial charge in [0, 0.05) is 30.5 Å². The Bertz CT molecular complexity index is 938. The minimum atomic E-state index is -0.104. The molecule has 1 aromatic carbocycles. The standard InChI is InChI=1S/C23H29N5O2/c1-4-28(5-2)20(21-10-7-13-30-21)16-25-22(29)19-9-6-8-18(14-19)15-26-23-24-12-11-17(3)27-23/h6-14,20H,4-5,15-16H2,1-3H3,(H,25,29)(H,24,26,27)/t20-/m1/s1. The zero-order valence-electron chi connectivity index (χ0n) is 17.8. The number of hydrogen-bond acceptors (Lipinski definition) is 6. The first-order valence-electron chi connectivity index (χ1n) is 10.3. The van der Waals surface area contributed by atoms with Crippen LogP contribution in [0.5, 0.6) is 0 Å². The van der Waals surface area contributed by atoms with Crippen molar-refractivity contribution in [2.45, 2.75) is 33.4 Å². The summed E-state index contributed by atoms with van der Waals surface area (Å²) >= 11 is 0. The van der Waals surface area contributed by atoms with Crippen molar-refractivity contribution in [1.82, 2.24) is 20.2 Å². The van der Waals surface area contributed by atoms with Crippen molar-refractivity contribution in [3.05, 3.63) is 77.5 Å². The Kier molecular flexibility index (Phi) is 7.57. The molecule has 2 aromatic heterocycles. The second-order valence-corrected chi connectivity index (χ2v) is 7.04. The summed E-state index contributed by atoms with van der Waals surface area (Å²) in [6.45, 7) is 8.91. The van der Waals surface area contributed by atoms with E-state index in [1.165, 1.54) is 0 Å². The highest BCUT2D eigenvalue weighted by Gasteiger charge is 2.21. The monoisotopic (exact) mass is 407 g/mol. The normalized spacial score (nSPS) is 12.0. The minimum absolute atomic E-state index is 0.00210. The molecule has 0 saturated carbocycles. The lowest BCUT2D eigenvalue weighted by molar-refractivity contribution is 0.0929. The molecule has 0 aliphatic carbocycles. The fourth-order valence-electron chi connectivity index (χ4n) is 3.38. The van der Waals surface area contributed by atoms with Crippen LogP contribution in [0.1, 0.15) is 47.3 Å². The van der Waals surface area contributed by atoms with Crippen LogP contribution in [0.15, 0.2) is 59.3 Å². The Morgan fingerprint density at radius 3 is 2.70 bits per heavy atom. The Hall–Kier alpha value is -3.19. The summed E-state index contributed by atoms with van der Waals surface area (Å²) in [5.41, 5.74) is 2.51. The van der Waals surface area contributed by atoms with Crippen LogP contribution in [0.25, 0.3) is 0 Å². The number of nitrogens with zero attached hydrogens (tertiary/aromatic N) is 3. The molecule has 30 heavy (non-hydrogen) atoms. The summed E-state index contributed by atoms with van der Waals surface area (Å²) in [4.78, 5) is 23.6. The highest BCUT2D eigenvalue weighted by atomic mass is 16.3. The number of carbonyl (C=O) groups is 1. The van der Waals surface area contributed by atoms with Crippen molar-refractivity contribution in [3.8, 4) is 0 Å². The highest BCUT2D eigenvalue weighted by molar-refractivity contribution is 5.94. The third-order valence-corrected chi connectivity index (χ3v) is 5.02. The molecule has 0 saturated heterocycles. The lowest BCUT2D eigenvalue weighted by Gasteiger charge is -2.28. The van der Waals surface area contributed by atoms with Crippen LogP contribution in [0, 0.1) is 6.92 Å². The number of carbonyl (C=O) groups excluding carboxylic acids is 1. The summed E-state index contributed by atoms with van der Waals surface area (Å²) in [5, 5.41) is 6.25. The topological polar surface area (TPSA) is 83.3 Å². The molecule has 1 atom stereocenters. The predicted molar refractivity (Wildman–Crippen MR) is 117 cm³/mol. The van der Waals surface area contributed by atoms with Crippen molar-refractivity contribution in [2.75, 3.05) is 25.0 Å². The van der Waals surface area contributed by atoms with Gasteiger partial charge in [-0.15, -0.1) is 0 Å². The van der Waals surface area contributed by atoms with Crippen LogP contribution in [-0.4, -0.2) is 40.4 Å². The summed E-state index contributed by atoms with van der Waals surface area (Å²) in [6.07, 6.45) is 3.39. The lowest BCUT2D eigenvalue weighted by atomic mass is 10.1. The molecule has 0 aliphatic rings. The van der Waals surface area contributed by atoms with Crippen LogP contribution >= 0.6 is 0 Å². The number of aryl methyl sites for hydroxylation is 1. The molecule has 3 rings (SSSR count). The van der Waals surface area contributed by atoms with Gasteiger partial charge in [-0.3, -0.25) is 9.69 Å². The molecule has 2 N–H and O–H groups in total. The third-order valence-electron chi connectivity index (χ3n) is 5.02. The molecule has 7 heteroatoms. The molecule has 0 fully saturated rings. The number of hydrogen-bond donors (Lipinski definition) is 2. The first-order valence-corrected chi connectivity index (χ1v) is 10.3. The van der Waals surface area contributed by atoms with Crippen molar-refractivity contribution in [1.29, 1.82) is 0 Å². The van der Waals surface area contributed by atoms with Crippen molar-refractivity contribution in [3.63, 3.8) is 0 Å². The van der Waals surface area contributed by atoms with E-state index in [1.807, 2.05) is 49.4 Å². The van der Waals surface area contributed by atoms with E-state index >= 15 is 0 Å². The average molecular weight is 408 g/mol. The number of amides is 1. The maximum absolute atomic E-state index is 12.8. The van der Waals surface area contributed by atoms with Crippen molar-refractivity contribution >= 4 is 11.9 Å². The summed E-state index contributed by atoms with van der Waals surface area (Å²) in [5.74, 6) is 1.33. The van der Waals surface area contributed by atoms with E-state index in [9.17, 15) is 4.79 Å². The molecule has 158 valence electrons. The molecule has 0 aliphatic heterocycles. The molecule has 0 radical (unpaired) electrons. The minimum Gasteiger partial charge on any atom is -0.468 e. The third kappa shape index (κ3) is 5.67. The van der Waals surface area contributed by atoms with Gasteiger partial charge in [-0.1, -0.05) is 26.0 Å². The smallest absolute Gasteiger partial charge is 0.251 e.